The first-order chi connectivity index (χ1) is 9.35. The topological polar surface area (TPSA) is 41.5 Å². The number of aliphatic hydroxyl groups excluding tert-OH is 1. The normalized spacial score (nSPS) is 23.4. The van der Waals surface area contributed by atoms with Crippen LogP contribution >= 0.6 is 15.9 Å². The van der Waals surface area contributed by atoms with Crippen molar-refractivity contribution in [3.63, 3.8) is 0 Å². The predicted octanol–water partition coefficient (Wildman–Crippen LogP) is 4.06. The summed E-state index contributed by atoms with van der Waals surface area (Å²) in [4.78, 5) is 0. The van der Waals surface area contributed by atoms with Crippen LogP contribution in [-0.2, 0) is 0 Å². The summed E-state index contributed by atoms with van der Waals surface area (Å²) in [5.74, 6) is -0.285. The Morgan fingerprint density at radius 1 is 1.25 bits per heavy atom. The van der Waals surface area contributed by atoms with Crippen molar-refractivity contribution in [3.05, 3.63) is 22.7 Å². The predicted molar refractivity (Wildman–Crippen MR) is 72.7 cm³/mol. The van der Waals surface area contributed by atoms with Crippen LogP contribution < -0.4 is 10.1 Å². The molecule has 20 heavy (non-hydrogen) atoms. The number of aliphatic hydroxyl groups is 1. The summed E-state index contributed by atoms with van der Waals surface area (Å²) in [5, 5.41) is 13.0. The fraction of sp³-hybridized carbons (Fsp3) is 0.538. The smallest absolute Gasteiger partial charge is 0.405 e. The van der Waals surface area contributed by atoms with Gasteiger partial charge >= 0.3 is 6.36 Å². The average molecular weight is 354 g/mol. The molecule has 1 aromatic rings. The maximum atomic E-state index is 12.2. The lowest BCUT2D eigenvalue weighted by atomic mass is 9.92. The molecule has 0 saturated heterocycles. The van der Waals surface area contributed by atoms with Crippen molar-refractivity contribution in [1.29, 1.82) is 0 Å². The van der Waals surface area contributed by atoms with Crippen LogP contribution in [0.25, 0.3) is 0 Å². The molecule has 112 valence electrons. The largest absolute Gasteiger partial charge is 0.573 e. The Balaban J connectivity index is 2.05. The molecule has 1 aliphatic rings. The number of alkyl halides is 3. The molecule has 0 aliphatic heterocycles. The number of hydrogen-bond donors (Lipinski definition) is 2. The van der Waals surface area contributed by atoms with Crippen molar-refractivity contribution in [2.45, 2.75) is 44.2 Å². The molecule has 0 spiro atoms. The molecular weight excluding hydrogens is 339 g/mol. The molecule has 2 N–H and O–H groups in total. The zero-order valence-corrected chi connectivity index (χ0v) is 12.2. The molecule has 2 unspecified atom stereocenters. The van der Waals surface area contributed by atoms with Gasteiger partial charge in [-0.1, -0.05) is 12.8 Å². The van der Waals surface area contributed by atoms with Gasteiger partial charge in [0.05, 0.1) is 16.6 Å². The molecular formula is C13H15BrF3NO2. The Morgan fingerprint density at radius 3 is 2.55 bits per heavy atom. The van der Waals surface area contributed by atoms with E-state index in [0.717, 1.165) is 25.7 Å². The van der Waals surface area contributed by atoms with E-state index in [1.807, 2.05) is 0 Å². The number of hydrogen-bond acceptors (Lipinski definition) is 3. The Kier molecular flexibility index (Phi) is 4.80. The second-order valence-electron chi connectivity index (χ2n) is 4.80. The van der Waals surface area contributed by atoms with Crippen LogP contribution in [0.15, 0.2) is 22.7 Å². The monoisotopic (exact) mass is 353 g/mol. The van der Waals surface area contributed by atoms with E-state index in [-0.39, 0.29) is 16.3 Å². The van der Waals surface area contributed by atoms with E-state index in [1.54, 1.807) is 0 Å². The summed E-state index contributed by atoms with van der Waals surface area (Å²) >= 11 is 3.05. The van der Waals surface area contributed by atoms with Crippen molar-refractivity contribution < 1.29 is 23.0 Å². The Bertz CT molecular complexity index is 467. The number of benzene rings is 1. The summed E-state index contributed by atoms with van der Waals surface area (Å²) in [6.07, 6.45) is -1.51. The molecule has 2 atom stereocenters. The van der Waals surface area contributed by atoms with Gasteiger partial charge in [0.15, 0.2) is 0 Å². The molecule has 0 amide bonds. The maximum Gasteiger partial charge on any atom is 0.573 e. The second kappa shape index (κ2) is 6.22. The van der Waals surface area contributed by atoms with Gasteiger partial charge in [-0.3, -0.25) is 0 Å². The molecule has 3 nitrogen and oxygen atoms in total. The molecule has 1 aliphatic carbocycles. The Morgan fingerprint density at radius 2 is 1.95 bits per heavy atom. The third-order valence-corrected chi connectivity index (χ3v) is 3.86. The van der Waals surface area contributed by atoms with Crippen LogP contribution in [0.4, 0.5) is 18.9 Å². The van der Waals surface area contributed by atoms with Crippen LogP contribution in [0.2, 0.25) is 0 Å². The summed E-state index contributed by atoms with van der Waals surface area (Å²) < 4.78 is 40.5. The van der Waals surface area contributed by atoms with Gasteiger partial charge < -0.3 is 15.2 Å². The van der Waals surface area contributed by atoms with Crippen LogP contribution in [0, 0.1) is 0 Å². The lowest BCUT2D eigenvalue weighted by Crippen LogP contribution is -2.36. The second-order valence-corrected chi connectivity index (χ2v) is 5.65. The minimum Gasteiger partial charge on any atom is -0.405 e. The molecule has 1 saturated carbocycles. The zero-order chi connectivity index (χ0) is 14.8. The van der Waals surface area contributed by atoms with Gasteiger partial charge in [-0.25, -0.2) is 0 Å². The van der Waals surface area contributed by atoms with Gasteiger partial charge in [-0.15, -0.1) is 13.2 Å². The lowest BCUT2D eigenvalue weighted by molar-refractivity contribution is -0.274. The van der Waals surface area contributed by atoms with E-state index in [0.29, 0.717) is 5.69 Å². The van der Waals surface area contributed by atoms with Crippen molar-refractivity contribution in [2.75, 3.05) is 5.32 Å². The van der Waals surface area contributed by atoms with E-state index in [9.17, 15) is 18.3 Å². The Hall–Kier alpha value is -0.950. The van der Waals surface area contributed by atoms with Gasteiger partial charge in [0.25, 0.3) is 0 Å². The molecule has 0 aromatic heterocycles. The van der Waals surface area contributed by atoms with Gasteiger partial charge in [0.2, 0.25) is 0 Å². The highest BCUT2D eigenvalue weighted by molar-refractivity contribution is 9.10. The van der Waals surface area contributed by atoms with Crippen LogP contribution in [0.1, 0.15) is 25.7 Å². The molecule has 1 fully saturated rings. The third kappa shape index (κ3) is 4.28. The number of rotatable bonds is 3. The van der Waals surface area contributed by atoms with Gasteiger partial charge in [-0.05, 0) is 47.0 Å². The van der Waals surface area contributed by atoms with E-state index in [2.05, 4.69) is 26.0 Å². The SMILES string of the molecule is OC1CCCCC1Nc1ccc(OC(F)(F)F)c(Br)c1. The first-order valence-corrected chi connectivity index (χ1v) is 7.14. The summed E-state index contributed by atoms with van der Waals surface area (Å²) in [7, 11) is 0. The van der Waals surface area contributed by atoms with Crippen LogP contribution in [0.5, 0.6) is 5.75 Å². The van der Waals surface area contributed by atoms with E-state index >= 15 is 0 Å². The molecule has 2 rings (SSSR count). The van der Waals surface area contributed by atoms with Gasteiger partial charge in [0, 0.05) is 5.69 Å². The van der Waals surface area contributed by atoms with E-state index in [4.69, 9.17) is 0 Å². The zero-order valence-electron chi connectivity index (χ0n) is 10.6. The fourth-order valence-electron chi connectivity index (χ4n) is 2.29. The fourth-order valence-corrected chi connectivity index (χ4v) is 2.75. The van der Waals surface area contributed by atoms with Gasteiger partial charge in [-0.2, -0.15) is 0 Å². The van der Waals surface area contributed by atoms with Crippen molar-refractivity contribution in [2.24, 2.45) is 0 Å². The first-order valence-electron chi connectivity index (χ1n) is 6.35. The quantitative estimate of drug-likeness (QED) is 0.860. The standard InChI is InChI=1S/C13H15BrF3NO2/c14-9-7-8(5-6-12(9)20-13(15,16)17)18-10-3-1-2-4-11(10)19/h5-7,10-11,18-19H,1-4H2. The van der Waals surface area contributed by atoms with Crippen molar-refractivity contribution in [1.82, 2.24) is 0 Å². The number of ether oxygens (including phenoxy) is 1. The molecule has 1 aromatic carbocycles. The maximum absolute atomic E-state index is 12.2. The minimum absolute atomic E-state index is 0.0648. The van der Waals surface area contributed by atoms with E-state index in [1.165, 1.54) is 18.2 Å². The van der Waals surface area contributed by atoms with Crippen LogP contribution in [0.3, 0.4) is 0 Å². The first kappa shape index (κ1) is 15.4. The summed E-state index contributed by atoms with van der Waals surface area (Å²) in [6.45, 7) is 0. The van der Waals surface area contributed by atoms with Crippen molar-refractivity contribution in [3.8, 4) is 5.75 Å². The molecule has 7 heteroatoms. The Labute approximate surface area is 123 Å². The number of anilines is 1. The minimum atomic E-state index is -4.71. The highest BCUT2D eigenvalue weighted by Crippen LogP contribution is 2.33. The molecule has 0 radical (unpaired) electrons. The van der Waals surface area contributed by atoms with Gasteiger partial charge in [0.1, 0.15) is 5.75 Å². The average Bonchev–Trinajstić information content (AvgIpc) is 2.34. The number of nitrogens with one attached hydrogen (secondary N) is 1. The molecule has 0 heterocycles. The van der Waals surface area contributed by atoms with Crippen LogP contribution in [-0.4, -0.2) is 23.6 Å². The highest BCUT2D eigenvalue weighted by Gasteiger charge is 2.32. The van der Waals surface area contributed by atoms with Crippen molar-refractivity contribution >= 4 is 21.6 Å². The lowest BCUT2D eigenvalue weighted by Gasteiger charge is -2.29. The van der Waals surface area contributed by atoms with E-state index < -0.39 is 12.5 Å². The summed E-state index contributed by atoms with van der Waals surface area (Å²) in [6, 6.07) is 4.20. The summed E-state index contributed by atoms with van der Waals surface area (Å²) in [5.41, 5.74) is 0.650. The third-order valence-electron chi connectivity index (χ3n) is 3.24. The number of halogens is 4. The molecule has 0 bridgehead atoms. The highest BCUT2D eigenvalue weighted by atomic mass is 79.9.